The van der Waals surface area contributed by atoms with Gasteiger partial charge in [0.25, 0.3) is 0 Å². The van der Waals surface area contributed by atoms with E-state index in [4.69, 9.17) is 0 Å². The Hall–Kier alpha value is -1.76. The molecule has 0 aliphatic carbocycles. The summed E-state index contributed by atoms with van der Waals surface area (Å²) in [5.41, 5.74) is 0.714. The van der Waals surface area contributed by atoms with E-state index in [2.05, 4.69) is 36.0 Å². The SMILES string of the molecule is CNc1nc(-c2ccc(OC(F)F)cc2)ncc1Br. The van der Waals surface area contributed by atoms with E-state index in [1.807, 2.05) is 0 Å². The molecule has 1 aromatic heterocycles. The molecule has 0 amide bonds. The molecule has 0 atom stereocenters. The number of anilines is 1. The van der Waals surface area contributed by atoms with Crippen molar-refractivity contribution in [3.63, 3.8) is 0 Å². The third-order valence-corrected chi connectivity index (χ3v) is 2.90. The Morgan fingerprint density at radius 3 is 2.53 bits per heavy atom. The molecule has 7 heteroatoms. The lowest BCUT2D eigenvalue weighted by Gasteiger charge is -2.07. The van der Waals surface area contributed by atoms with Gasteiger partial charge in [-0.05, 0) is 40.2 Å². The van der Waals surface area contributed by atoms with Crippen LogP contribution in [0.15, 0.2) is 34.9 Å². The molecular formula is C12H10BrF2N3O. The first kappa shape index (κ1) is 13.7. The van der Waals surface area contributed by atoms with Crippen LogP contribution in [-0.4, -0.2) is 23.6 Å². The fraction of sp³-hybridized carbons (Fsp3) is 0.167. The van der Waals surface area contributed by atoms with Gasteiger partial charge in [0.2, 0.25) is 0 Å². The Labute approximate surface area is 117 Å². The quantitative estimate of drug-likeness (QED) is 0.931. The van der Waals surface area contributed by atoms with Crippen LogP contribution in [0.3, 0.4) is 0 Å². The average Bonchev–Trinajstić information content (AvgIpc) is 2.40. The second-order valence-corrected chi connectivity index (χ2v) is 4.40. The lowest BCUT2D eigenvalue weighted by molar-refractivity contribution is -0.0498. The Kier molecular flexibility index (Phi) is 4.26. The van der Waals surface area contributed by atoms with E-state index in [0.717, 1.165) is 4.47 Å². The molecule has 1 N–H and O–H groups in total. The molecule has 19 heavy (non-hydrogen) atoms. The van der Waals surface area contributed by atoms with Gasteiger partial charge in [0.1, 0.15) is 11.6 Å². The summed E-state index contributed by atoms with van der Waals surface area (Å²) in [6.07, 6.45) is 1.62. The average molecular weight is 330 g/mol. The zero-order valence-corrected chi connectivity index (χ0v) is 11.5. The van der Waals surface area contributed by atoms with E-state index < -0.39 is 6.61 Å². The van der Waals surface area contributed by atoms with Gasteiger partial charge in [0.05, 0.1) is 4.47 Å². The van der Waals surface area contributed by atoms with Gasteiger partial charge in [-0.1, -0.05) is 0 Å². The second-order valence-electron chi connectivity index (χ2n) is 3.54. The summed E-state index contributed by atoms with van der Waals surface area (Å²) in [6.45, 7) is -2.83. The van der Waals surface area contributed by atoms with Crippen LogP contribution in [0.4, 0.5) is 14.6 Å². The van der Waals surface area contributed by atoms with Crippen molar-refractivity contribution in [1.82, 2.24) is 9.97 Å². The third kappa shape index (κ3) is 3.37. The number of nitrogens with one attached hydrogen (secondary N) is 1. The number of halogens is 3. The van der Waals surface area contributed by atoms with Crippen molar-refractivity contribution in [2.24, 2.45) is 0 Å². The standard InChI is InChI=1S/C12H10BrF2N3O/c1-16-11-9(13)6-17-10(18-11)7-2-4-8(5-3-7)19-12(14)15/h2-6,12H,1H3,(H,16,17,18). The molecular weight excluding hydrogens is 320 g/mol. The highest BCUT2D eigenvalue weighted by Crippen LogP contribution is 2.24. The summed E-state index contributed by atoms with van der Waals surface area (Å²) in [5.74, 6) is 1.25. The highest BCUT2D eigenvalue weighted by molar-refractivity contribution is 9.10. The molecule has 0 aliphatic rings. The number of hydrogen-bond acceptors (Lipinski definition) is 4. The van der Waals surface area contributed by atoms with Crippen LogP contribution < -0.4 is 10.1 Å². The third-order valence-electron chi connectivity index (χ3n) is 2.32. The predicted molar refractivity (Wildman–Crippen MR) is 71.3 cm³/mol. The normalized spacial score (nSPS) is 10.6. The Bertz CT molecular complexity index is 563. The van der Waals surface area contributed by atoms with Gasteiger partial charge in [-0.15, -0.1) is 0 Å². The summed E-state index contributed by atoms with van der Waals surface area (Å²) < 4.78 is 29.1. The molecule has 2 aromatic rings. The van der Waals surface area contributed by atoms with E-state index in [0.29, 0.717) is 17.2 Å². The van der Waals surface area contributed by atoms with Crippen molar-refractivity contribution in [2.45, 2.75) is 6.61 Å². The van der Waals surface area contributed by atoms with Crippen LogP contribution in [0, 0.1) is 0 Å². The fourth-order valence-electron chi connectivity index (χ4n) is 1.47. The second kappa shape index (κ2) is 5.92. The zero-order chi connectivity index (χ0) is 13.8. The van der Waals surface area contributed by atoms with Gasteiger partial charge in [-0.3, -0.25) is 0 Å². The molecule has 0 radical (unpaired) electrons. The van der Waals surface area contributed by atoms with Gasteiger partial charge in [0.15, 0.2) is 5.82 Å². The van der Waals surface area contributed by atoms with Crippen LogP contribution in [-0.2, 0) is 0 Å². The molecule has 0 fully saturated rings. The lowest BCUT2D eigenvalue weighted by Crippen LogP contribution is -2.01. The van der Waals surface area contributed by atoms with Crippen molar-refractivity contribution < 1.29 is 13.5 Å². The number of nitrogens with zero attached hydrogens (tertiary/aromatic N) is 2. The van der Waals surface area contributed by atoms with Gasteiger partial charge < -0.3 is 10.1 Å². The minimum absolute atomic E-state index is 0.102. The van der Waals surface area contributed by atoms with Crippen molar-refractivity contribution in [3.05, 3.63) is 34.9 Å². The molecule has 100 valence electrons. The first-order valence-corrected chi connectivity index (χ1v) is 6.15. The molecule has 0 saturated carbocycles. The maximum Gasteiger partial charge on any atom is 0.387 e. The number of aromatic nitrogens is 2. The highest BCUT2D eigenvalue weighted by Gasteiger charge is 2.07. The summed E-state index contributed by atoms with van der Waals surface area (Å²) in [6, 6.07) is 6.15. The molecule has 1 aromatic carbocycles. The van der Waals surface area contributed by atoms with Gasteiger partial charge in [-0.2, -0.15) is 8.78 Å². The van der Waals surface area contributed by atoms with E-state index in [1.54, 1.807) is 25.4 Å². The maximum absolute atomic E-state index is 12.0. The summed E-state index contributed by atoms with van der Waals surface area (Å²) >= 11 is 3.31. The van der Waals surface area contributed by atoms with Crippen LogP contribution in [0.25, 0.3) is 11.4 Å². The number of alkyl halides is 2. The fourth-order valence-corrected chi connectivity index (χ4v) is 1.86. The number of hydrogen-bond donors (Lipinski definition) is 1. The minimum Gasteiger partial charge on any atom is -0.435 e. The number of ether oxygens (including phenoxy) is 1. The minimum atomic E-state index is -2.83. The van der Waals surface area contributed by atoms with E-state index in [1.165, 1.54) is 12.1 Å². The number of benzene rings is 1. The van der Waals surface area contributed by atoms with Crippen molar-refractivity contribution in [1.29, 1.82) is 0 Å². The maximum atomic E-state index is 12.0. The molecule has 0 aliphatic heterocycles. The van der Waals surface area contributed by atoms with E-state index >= 15 is 0 Å². The number of rotatable bonds is 4. The molecule has 0 unspecified atom stereocenters. The zero-order valence-electron chi connectivity index (χ0n) is 9.90. The van der Waals surface area contributed by atoms with E-state index in [-0.39, 0.29) is 5.75 Å². The van der Waals surface area contributed by atoms with Gasteiger partial charge >= 0.3 is 6.61 Å². The van der Waals surface area contributed by atoms with Crippen molar-refractivity contribution in [3.8, 4) is 17.1 Å². The monoisotopic (exact) mass is 329 g/mol. The van der Waals surface area contributed by atoms with Gasteiger partial charge in [-0.25, -0.2) is 9.97 Å². The van der Waals surface area contributed by atoms with Gasteiger partial charge in [0, 0.05) is 18.8 Å². The first-order chi connectivity index (χ1) is 9.10. The van der Waals surface area contributed by atoms with Crippen LogP contribution >= 0.6 is 15.9 Å². The highest BCUT2D eigenvalue weighted by atomic mass is 79.9. The van der Waals surface area contributed by atoms with Crippen LogP contribution in [0.1, 0.15) is 0 Å². The lowest BCUT2D eigenvalue weighted by atomic mass is 10.2. The van der Waals surface area contributed by atoms with E-state index in [9.17, 15) is 8.78 Å². The van der Waals surface area contributed by atoms with Crippen LogP contribution in [0.5, 0.6) is 5.75 Å². The summed E-state index contributed by atoms with van der Waals surface area (Å²) in [5, 5.41) is 2.92. The van der Waals surface area contributed by atoms with Crippen molar-refractivity contribution >= 4 is 21.7 Å². The molecule has 2 rings (SSSR count). The Morgan fingerprint density at radius 2 is 1.95 bits per heavy atom. The predicted octanol–water partition coefficient (Wildman–Crippen LogP) is 3.55. The molecule has 0 saturated heterocycles. The largest absolute Gasteiger partial charge is 0.435 e. The molecule has 4 nitrogen and oxygen atoms in total. The molecule has 0 spiro atoms. The summed E-state index contributed by atoms with van der Waals surface area (Å²) in [4.78, 5) is 8.45. The Morgan fingerprint density at radius 1 is 1.26 bits per heavy atom. The molecule has 0 bridgehead atoms. The molecule has 1 heterocycles. The first-order valence-electron chi connectivity index (χ1n) is 5.35. The smallest absolute Gasteiger partial charge is 0.387 e. The van der Waals surface area contributed by atoms with Crippen LogP contribution in [0.2, 0.25) is 0 Å². The summed E-state index contributed by atoms with van der Waals surface area (Å²) in [7, 11) is 1.75. The Balaban J connectivity index is 2.27. The topological polar surface area (TPSA) is 47.0 Å². The van der Waals surface area contributed by atoms with Crippen molar-refractivity contribution in [2.75, 3.05) is 12.4 Å².